The van der Waals surface area contributed by atoms with Crippen molar-refractivity contribution in [2.75, 3.05) is 16.4 Å². The molecule has 3 saturated heterocycles. The van der Waals surface area contributed by atoms with Gasteiger partial charge in [0.2, 0.25) is 23.0 Å². The fourth-order valence-corrected chi connectivity index (χ4v) is 8.03. The molecule has 0 unspecified atom stereocenters. The second-order valence-corrected chi connectivity index (χ2v) is 25.0. The minimum absolute atomic E-state index is 0. The lowest BCUT2D eigenvalue weighted by atomic mass is 9.49. The van der Waals surface area contributed by atoms with Gasteiger partial charge in [0.25, 0.3) is 0 Å². The van der Waals surface area contributed by atoms with E-state index in [2.05, 4.69) is 85.5 Å². The summed E-state index contributed by atoms with van der Waals surface area (Å²) in [6, 6.07) is 22.7. The number of anilines is 3. The van der Waals surface area contributed by atoms with E-state index in [1.54, 1.807) is 18.2 Å². The minimum atomic E-state index is -0.489. The van der Waals surface area contributed by atoms with Crippen LogP contribution in [0.3, 0.4) is 0 Å². The van der Waals surface area contributed by atoms with Gasteiger partial charge >= 0.3 is 21.1 Å². The van der Waals surface area contributed by atoms with Gasteiger partial charge in [0, 0.05) is 41.1 Å². The quantitative estimate of drug-likeness (QED) is 0.0473. The third-order valence-electron chi connectivity index (χ3n) is 13.5. The van der Waals surface area contributed by atoms with Crippen molar-refractivity contribution in [3.05, 3.63) is 97.6 Å². The Morgan fingerprint density at radius 3 is 1.24 bits per heavy atom. The maximum absolute atomic E-state index is 12.6. The predicted octanol–water partition coefficient (Wildman–Crippen LogP) is 13.7. The van der Waals surface area contributed by atoms with E-state index in [1.165, 1.54) is 45.3 Å². The molecular formula is C57H78B3Br3ClFN8O14. The smallest absolute Gasteiger partial charge is 0.405 e. The molecule has 87 heavy (non-hydrogen) atoms. The number of nitrogen functional groups attached to an aromatic ring is 1. The van der Waals surface area contributed by atoms with Gasteiger partial charge in [-0.25, -0.2) is 9.87 Å². The van der Waals surface area contributed by atoms with Crippen LogP contribution >= 0.6 is 59.4 Å². The fraction of sp³-hybridized carbons (Fsp3) is 0.439. The number of nitrogens with zero attached hydrogens (tertiary/aromatic N) is 4. The number of hydroxylamine groups is 1. The molecule has 0 spiro atoms. The lowest BCUT2D eigenvalue weighted by Gasteiger charge is -2.32. The van der Waals surface area contributed by atoms with E-state index in [1.807, 2.05) is 132 Å². The van der Waals surface area contributed by atoms with Crippen LogP contribution in [-0.4, -0.2) is 98.4 Å². The highest BCUT2D eigenvalue weighted by atomic mass is 79.9. The van der Waals surface area contributed by atoms with Crippen LogP contribution in [-0.2, 0) is 47.1 Å². The Kier molecular flexibility index (Phi) is 29.7. The van der Waals surface area contributed by atoms with Gasteiger partial charge in [0.15, 0.2) is 34.2 Å². The van der Waals surface area contributed by atoms with Crippen LogP contribution in [0.25, 0.3) is 32.9 Å². The Balaban J connectivity index is 0.000000532. The van der Waals surface area contributed by atoms with Crippen LogP contribution in [0.5, 0.6) is 0 Å². The monoisotopic (exact) mass is 1420 g/mol. The maximum Gasteiger partial charge on any atom is 0.494 e. The second-order valence-electron chi connectivity index (χ2n) is 21.7. The van der Waals surface area contributed by atoms with E-state index in [4.69, 9.17) is 57.7 Å². The number of carbonyl (C=O) groups excluding carboxylic acids is 4. The minimum Gasteiger partial charge on any atom is -0.405 e. The standard InChI is InChI=1S/C15H19BN2O4.C12H24B2O4.C9H7BrN2O2.C7H3BrFN.C7H5BrN2O.C2H3ClO.C2H5NO2.3CH4/c1-9(19)17-13-11-7-6-10(8-12(11)20-18-13)16-21-14(2,3)15(4,5)22-16;1-9(2)10(3,4)16-13(15-9)14-17-11(5,6)12(7,8)18-14;1-5(13)11-9-7-3-2-6(10)4-8(7)14-12-9;8-6-2-1-5(4-10)7(9)3-6;8-4-1-2-5-6(3-4)11-10-7(5)9;1-2(3)4;1-2(4)3-5;;;/h6-8H,1-5H3,(H,17,18,19);1-8H3;2-4H,1H3,(H,11,12,13);1-3H;1-3H,(H2,9,10);1H3;5H,1H3,(H,3,4);3*1H4. The number of nitrogens with two attached hydrogens (primary N) is 1. The third kappa shape index (κ3) is 21.8. The Morgan fingerprint density at radius 1 is 0.552 bits per heavy atom. The van der Waals surface area contributed by atoms with Crippen molar-refractivity contribution in [3.63, 3.8) is 0 Å². The fourth-order valence-electron chi connectivity index (χ4n) is 7.02. The number of carbonyl (C=O) groups is 4. The van der Waals surface area contributed by atoms with Gasteiger partial charge in [0.05, 0.1) is 55.3 Å². The first-order chi connectivity index (χ1) is 38.7. The molecule has 4 aromatic carbocycles. The molecule has 6 N–H and O–H groups in total. The van der Waals surface area contributed by atoms with Crippen LogP contribution in [0.15, 0.2) is 99.8 Å². The van der Waals surface area contributed by atoms with Crippen molar-refractivity contribution in [1.29, 1.82) is 5.26 Å². The molecule has 3 aliphatic heterocycles. The summed E-state index contributed by atoms with van der Waals surface area (Å²) in [6.45, 7) is 29.6. The number of nitrogens with one attached hydrogen (secondary N) is 3. The average molecular weight is 1430 g/mol. The molecule has 6 heterocycles. The van der Waals surface area contributed by atoms with E-state index in [0.717, 1.165) is 30.6 Å². The topological polar surface area (TPSA) is 308 Å². The molecule has 3 aliphatic rings. The van der Waals surface area contributed by atoms with Gasteiger partial charge in [-0.2, -0.15) is 5.26 Å². The van der Waals surface area contributed by atoms with Crippen molar-refractivity contribution in [1.82, 2.24) is 21.0 Å². The summed E-state index contributed by atoms with van der Waals surface area (Å²) in [5, 5.41) is 34.3. The highest BCUT2D eigenvalue weighted by Crippen LogP contribution is 2.43. The van der Waals surface area contributed by atoms with E-state index in [-0.39, 0.29) is 67.3 Å². The molecule has 3 aromatic heterocycles. The highest BCUT2D eigenvalue weighted by Gasteiger charge is 2.63. The first-order valence-electron chi connectivity index (χ1n) is 25.5. The van der Waals surface area contributed by atoms with Crippen LogP contribution in [0.1, 0.15) is 139 Å². The Hall–Kier alpha value is -5.77. The molecule has 30 heteroatoms. The van der Waals surface area contributed by atoms with Crippen LogP contribution in [0, 0.1) is 17.1 Å². The zero-order chi connectivity index (χ0) is 63.5. The van der Waals surface area contributed by atoms with Crippen molar-refractivity contribution in [2.45, 2.75) is 167 Å². The van der Waals surface area contributed by atoms with Gasteiger partial charge in [0.1, 0.15) is 11.9 Å². The number of fused-ring (bicyclic) bond motifs is 3. The number of nitriles is 1. The third-order valence-corrected chi connectivity index (χ3v) is 15.0. The zero-order valence-corrected chi connectivity index (χ0v) is 54.7. The molecule has 3 amide bonds. The van der Waals surface area contributed by atoms with Gasteiger partial charge in [-0.05, 0) is 167 Å². The molecule has 474 valence electrons. The van der Waals surface area contributed by atoms with Crippen molar-refractivity contribution in [2.24, 2.45) is 0 Å². The van der Waals surface area contributed by atoms with Crippen molar-refractivity contribution >= 4 is 159 Å². The summed E-state index contributed by atoms with van der Waals surface area (Å²) in [7, 11) is -1.41. The largest absolute Gasteiger partial charge is 0.494 e. The lowest BCUT2D eigenvalue weighted by Crippen LogP contribution is -2.41. The first-order valence-corrected chi connectivity index (χ1v) is 28.3. The van der Waals surface area contributed by atoms with Crippen LogP contribution in [0.4, 0.5) is 21.8 Å². The molecule has 3 fully saturated rings. The SMILES string of the molecule is C.C.C.CC(=O)Cl.CC(=O)NO.CC(=O)Nc1noc2cc(B3OC(C)(C)C(C)(C)O3)ccc12.CC(=O)Nc1noc2cc(Br)ccc12.CC1(C)OB(B2OC(C)(C)C(C)(C)O2)OC1(C)C.N#Cc1ccc(Br)cc1F.Nc1noc2cc(Br)ccc12. The summed E-state index contributed by atoms with van der Waals surface area (Å²) in [5.74, 6) is 0.0331. The predicted molar refractivity (Wildman–Crippen MR) is 349 cm³/mol. The van der Waals surface area contributed by atoms with Crippen LogP contribution in [0.2, 0.25) is 0 Å². The number of amides is 3. The Morgan fingerprint density at radius 2 is 0.874 bits per heavy atom. The number of halogens is 5. The number of rotatable bonds is 4. The summed E-state index contributed by atoms with van der Waals surface area (Å²) in [4.78, 5) is 40.6. The highest BCUT2D eigenvalue weighted by molar-refractivity contribution is 9.11. The van der Waals surface area contributed by atoms with E-state index < -0.39 is 44.1 Å². The van der Waals surface area contributed by atoms with Gasteiger partial charge < -0.3 is 57.9 Å². The molecule has 22 nitrogen and oxygen atoms in total. The lowest BCUT2D eigenvalue weighted by molar-refractivity contribution is -0.127. The molecule has 0 bridgehead atoms. The summed E-state index contributed by atoms with van der Waals surface area (Å²) in [5.41, 5.74) is 7.53. The Bertz CT molecular complexity index is 3420. The van der Waals surface area contributed by atoms with E-state index >= 15 is 0 Å². The van der Waals surface area contributed by atoms with Gasteiger partial charge in [-0.1, -0.05) is 91.6 Å². The number of hydrogen-bond acceptors (Lipinski definition) is 19. The molecule has 0 saturated carbocycles. The summed E-state index contributed by atoms with van der Waals surface area (Å²) >= 11 is 14.3. The maximum atomic E-state index is 12.6. The molecule has 7 aromatic rings. The van der Waals surface area contributed by atoms with Crippen molar-refractivity contribution < 1.29 is 70.3 Å². The summed E-state index contributed by atoms with van der Waals surface area (Å²) in [6.07, 6.45) is 0. The number of aromatic nitrogens is 3. The summed E-state index contributed by atoms with van der Waals surface area (Å²) < 4.78 is 66.2. The number of benzene rings is 4. The van der Waals surface area contributed by atoms with E-state index in [0.29, 0.717) is 38.7 Å². The molecule has 0 atom stereocenters. The molecule has 0 aliphatic carbocycles. The van der Waals surface area contributed by atoms with Gasteiger partial charge in [-0.3, -0.25) is 24.4 Å². The second kappa shape index (κ2) is 32.6. The van der Waals surface area contributed by atoms with Crippen molar-refractivity contribution in [3.8, 4) is 6.07 Å². The van der Waals surface area contributed by atoms with Gasteiger partial charge in [-0.15, -0.1) is 0 Å². The first kappa shape index (κ1) is 79.2. The Labute approximate surface area is 539 Å². The zero-order valence-electron chi connectivity index (χ0n) is 49.2. The molecule has 10 rings (SSSR count). The van der Waals surface area contributed by atoms with E-state index in [9.17, 15) is 23.6 Å². The molecule has 0 radical (unpaired) electrons. The van der Waals surface area contributed by atoms with Crippen LogP contribution < -0.4 is 27.3 Å². The molecular weight excluding hydrogens is 1350 g/mol. The average Bonchev–Trinajstić information content (AvgIpc) is 1.67. The normalized spacial score (nSPS) is 16.3. The number of hydrogen-bond donors (Lipinski definition) is 5.